The average Bonchev–Trinajstić information content (AvgIpc) is 2.94. The maximum Gasteiger partial charge on any atom is 0.125 e. The van der Waals surface area contributed by atoms with E-state index in [0.717, 1.165) is 17.1 Å². The summed E-state index contributed by atoms with van der Waals surface area (Å²) in [5.74, 6) is 0. The van der Waals surface area contributed by atoms with Crippen LogP contribution in [0.2, 0.25) is 0 Å². The van der Waals surface area contributed by atoms with Gasteiger partial charge in [0.15, 0.2) is 0 Å². The quantitative estimate of drug-likeness (QED) is 0.785. The first-order valence-electron chi connectivity index (χ1n) is 6.56. The van der Waals surface area contributed by atoms with Gasteiger partial charge in [0.2, 0.25) is 0 Å². The van der Waals surface area contributed by atoms with Crippen molar-refractivity contribution >= 4 is 32.9 Å². The predicted octanol–water partition coefficient (Wildman–Crippen LogP) is 3.97. The second kappa shape index (κ2) is 5.51. The van der Waals surface area contributed by atoms with E-state index in [1.807, 2.05) is 12.3 Å². The predicted molar refractivity (Wildman–Crippen MR) is 87.7 cm³/mol. The van der Waals surface area contributed by atoms with Crippen molar-refractivity contribution < 1.29 is 0 Å². The third-order valence-electron chi connectivity index (χ3n) is 3.30. The molecule has 2 aromatic heterocycles. The lowest BCUT2D eigenvalue weighted by atomic mass is 10.2. The summed E-state index contributed by atoms with van der Waals surface area (Å²) in [6, 6.07) is 12.8. The molecule has 2 heterocycles. The lowest BCUT2D eigenvalue weighted by Gasteiger charge is -2.13. The Morgan fingerprint density at radius 3 is 2.65 bits per heavy atom. The molecule has 0 radical (unpaired) electrons. The van der Waals surface area contributed by atoms with Gasteiger partial charge in [0.25, 0.3) is 0 Å². The van der Waals surface area contributed by atoms with E-state index in [2.05, 4.69) is 65.0 Å². The van der Waals surface area contributed by atoms with Gasteiger partial charge in [-0.25, -0.2) is 4.98 Å². The molecule has 0 saturated heterocycles. The second-order valence-corrected chi connectivity index (χ2v) is 5.81. The SMILES string of the molecule is CN(C)c1ccc(CNc2ccnc3sccc23)cc1. The molecule has 3 nitrogen and oxygen atoms in total. The summed E-state index contributed by atoms with van der Waals surface area (Å²) in [6.07, 6.45) is 1.86. The van der Waals surface area contributed by atoms with Crippen molar-refractivity contribution in [2.45, 2.75) is 6.54 Å². The van der Waals surface area contributed by atoms with E-state index >= 15 is 0 Å². The average molecular weight is 283 g/mol. The number of hydrogen-bond donors (Lipinski definition) is 1. The van der Waals surface area contributed by atoms with Crippen LogP contribution in [0.1, 0.15) is 5.56 Å². The highest BCUT2D eigenvalue weighted by atomic mass is 32.1. The molecule has 102 valence electrons. The summed E-state index contributed by atoms with van der Waals surface area (Å²) >= 11 is 1.67. The largest absolute Gasteiger partial charge is 0.380 e. The smallest absolute Gasteiger partial charge is 0.125 e. The van der Waals surface area contributed by atoms with Gasteiger partial charge in [-0.15, -0.1) is 11.3 Å². The number of nitrogens with one attached hydrogen (secondary N) is 1. The normalized spacial score (nSPS) is 10.7. The summed E-state index contributed by atoms with van der Waals surface area (Å²) in [7, 11) is 4.11. The zero-order chi connectivity index (χ0) is 13.9. The Morgan fingerprint density at radius 2 is 1.90 bits per heavy atom. The van der Waals surface area contributed by atoms with Gasteiger partial charge in [-0.05, 0) is 35.2 Å². The fourth-order valence-electron chi connectivity index (χ4n) is 2.14. The molecule has 0 saturated carbocycles. The van der Waals surface area contributed by atoms with E-state index in [1.54, 1.807) is 11.3 Å². The summed E-state index contributed by atoms with van der Waals surface area (Å²) in [6.45, 7) is 0.822. The Labute approximate surface area is 122 Å². The molecule has 0 aliphatic rings. The fourth-order valence-corrected chi connectivity index (χ4v) is 2.90. The molecule has 1 aromatic carbocycles. The van der Waals surface area contributed by atoms with Gasteiger partial charge in [0.1, 0.15) is 4.83 Å². The minimum atomic E-state index is 0.822. The summed E-state index contributed by atoms with van der Waals surface area (Å²) in [5, 5.41) is 6.77. The number of rotatable bonds is 4. The van der Waals surface area contributed by atoms with Crippen LogP contribution in [-0.4, -0.2) is 19.1 Å². The molecule has 0 fully saturated rings. The van der Waals surface area contributed by atoms with E-state index in [0.29, 0.717) is 0 Å². The van der Waals surface area contributed by atoms with Crippen molar-refractivity contribution in [2.75, 3.05) is 24.3 Å². The summed E-state index contributed by atoms with van der Waals surface area (Å²) in [5.41, 5.74) is 3.64. The van der Waals surface area contributed by atoms with Crippen LogP contribution in [0.25, 0.3) is 10.2 Å². The topological polar surface area (TPSA) is 28.2 Å². The van der Waals surface area contributed by atoms with Crippen LogP contribution in [0.4, 0.5) is 11.4 Å². The molecule has 0 amide bonds. The minimum absolute atomic E-state index is 0.822. The van der Waals surface area contributed by atoms with Gasteiger partial charge >= 0.3 is 0 Å². The molecule has 0 aliphatic heterocycles. The fraction of sp³-hybridized carbons (Fsp3) is 0.188. The van der Waals surface area contributed by atoms with Crippen LogP contribution in [0.5, 0.6) is 0 Å². The number of hydrogen-bond acceptors (Lipinski definition) is 4. The molecule has 0 spiro atoms. The van der Waals surface area contributed by atoms with E-state index in [9.17, 15) is 0 Å². The number of thiophene rings is 1. The van der Waals surface area contributed by atoms with Gasteiger partial charge in [-0.2, -0.15) is 0 Å². The molecule has 3 aromatic rings. The molecule has 0 aliphatic carbocycles. The van der Waals surface area contributed by atoms with Crippen LogP contribution in [-0.2, 0) is 6.54 Å². The second-order valence-electron chi connectivity index (χ2n) is 4.91. The molecule has 0 bridgehead atoms. The lowest BCUT2D eigenvalue weighted by Crippen LogP contribution is -2.08. The van der Waals surface area contributed by atoms with Crippen LogP contribution in [0, 0.1) is 0 Å². The highest BCUT2D eigenvalue weighted by Gasteiger charge is 2.03. The summed E-state index contributed by atoms with van der Waals surface area (Å²) in [4.78, 5) is 7.55. The van der Waals surface area contributed by atoms with Crippen molar-refractivity contribution in [3.05, 3.63) is 53.5 Å². The maximum atomic E-state index is 4.36. The number of pyridine rings is 1. The molecule has 20 heavy (non-hydrogen) atoms. The van der Waals surface area contributed by atoms with Gasteiger partial charge in [0, 0.05) is 43.6 Å². The molecule has 3 rings (SSSR count). The Hall–Kier alpha value is -2.07. The number of benzene rings is 1. The molecule has 0 unspecified atom stereocenters. The number of aromatic nitrogens is 1. The molecular weight excluding hydrogens is 266 g/mol. The van der Waals surface area contributed by atoms with Gasteiger partial charge in [-0.3, -0.25) is 0 Å². The maximum absolute atomic E-state index is 4.36. The first-order chi connectivity index (χ1) is 9.74. The third kappa shape index (κ3) is 2.60. The zero-order valence-corrected chi connectivity index (χ0v) is 12.4. The van der Waals surface area contributed by atoms with Gasteiger partial charge in [0.05, 0.1) is 0 Å². The molecular formula is C16H17N3S. The van der Waals surface area contributed by atoms with E-state index in [-0.39, 0.29) is 0 Å². The Morgan fingerprint density at radius 1 is 1.10 bits per heavy atom. The monoisotopic (exact) mass is 283 g/mol. The Balaban J connectivity index is 1.74. The van der Waals surface area contributed by atoms with Crippen LogP contribution >= 0.6 is 11.3 Å². The van der Waals surface area contributed by atoms with Crippen molar-refractivity contribution in [3.63, 3.8) is 0 Å². The number of anilines is 2. The Bertz CT molecular complexity index is 701. The van der Waals surface area contributed by atoms with Crippen molar-refractivity contribution in [1.82, 2.24) is 4.98 Å². The number of nitrogens with zero attached hydrogens (tertiary/aromatic N) is 2. The van der Waals surface area contributed by atoms with Crippen LogP contribution < -0.4 is 10.2 Å². The van der Waals surface area contributed by atoms with Crippen LogP contribution in [0.15, 0.2) is 48.0 Å². The third-order valence-corrected chi connectivity index (χ3v) is 4.12. The van der Waals surface area contributed by atoms with Crippen molar-refractivity contribution in [2.24, 2.45) is 0 Å². The number of fused-ring (bicyclic) bond motifs is 1. The van der Waals surface area contributed by atoms with E-state index in [4.69, 9.17) is 0 Å². The van der Waals surface area contributed by atoms with Crippen LogP contribution in [0.3, 0.4) is 0 Å². The first kappa shape index (κ1) is 12.9. The Kier molecular flexibility index (Phi) is 3.56. The minimum Gasteiger partial charge on any atom is -0.380 e. The summed E-state index contributed by atoms with van der Waals surface area (Å²) < 4.78 is 0. The highest BCUT2D eigenvalue weighted by Crippen LogP contribution is 2.26. The standard InChI is InChI=1S/C16H17N3S/c1-19(2)13-5-3-12(4-6-13)11-18-15-7-9-17-16-14(15)8-10-20-16/h3-10H,11H2,1-2H3,(H,17,18). The molecule has 0 atom stereocenters. The van der Waals surface area contributed by atoms with E-state index < -0.39 is 0 Å². The van der Waals surface area contributed by atoms with Crippen molar-refractivity contribution in [1.29, 1.82) is 0 Å². The van der Waals surface area contributed by atoms with Gasteiger partial charge in [-0.1, -0.05) is 12.1 Å². The van der Waals surface area contributed by atoms with Gasteiger partial charge < -0.3 is 10.2 Å². The first-order valence-corrected chi connectivity index (χ1v) is 7.44. The highest BCUT2D eigenvalue weighted by molar-refractivity contribution is 7.16. The zero-order valence-electron chi connectivity index (χ0n) is 11.6. The molecule has 4 heteroatoms. The lowest BCUT2D eigenvalue weighted by molar-refractivity contribution is 1.11. The van der Waals surface area contributed by atoms with E-state index in [1.165, 1.54) is 16.6 Å². The van der Waals surface area contributed by atoms with Crippen molar-refractivity contribution in [3.8, 4) is 0 Å². The molecule has 1 N–H and O–H groups in total.